The lowest BCUT2D eigenvalue weighted by atomic mass is 10.1. The van der Waals surface area contributed by atoms with Gasteiger partial charge in [-0.3, -0.25) is 4.79 Å². The largest absolute Gasteiger partial charge is 0.397 e. The summed E-state index contributed by atoms with van der Waals surface area (Å²) in [5.41, 5.74) is 7.83. The average Bonchev–Trinajstić information content (AvgIpc) is 2.78. The summed E-state index contributed by atoms with van der Waals surface area (Å²) >= 11 is 1.40. The second-order valence-corrected chi connectivity index (χ2v) is 5.89. The third-order valence-electron chi connectivity index (χ3n) is 3.48. The number of hydrogen-bond donors (Lipinski definition) is 1. The third kappa shape index (κ3) is 2.63. The fourth-order valence-electron chi connectivity index (χ4n) is 2.26. The number of anilines is 1. The molecule has 0 saturated carbocycles. The average molecular weight is 291 g/mol. The van der Waals surface area contributed by atoms with Gasteiger partial charge in [-0.1, -0.05) is 13.3 Å². The summed E-state index contributed by atoms with van der Waals surface area (Å²) < 4.78 is 0. The van der Waals surface area contributed by atoms with Crippen LogP contribution in [0.25, 0.3) is 10.2 Å². The molecule has 0 atom stereocenters. The molecule has 2 aromatic rings. The van der Waals surface area contributed by atoms with E-state index in [4.69, 9.17) is 5.73 Å². The van der Waals surface area contributed by atoms with Gasteiger partial charge >= 0.3 is 0 Å². The number of carbonyl (C=O) groups excluding carboxylic acids is 1. The first-order valence-corrected chi connectivity index (χ1v) is 7.84. The van der Waals surface area contributed by atoms with Gasteiger partial charge in [-0.25, -0.2) is 4.98 Å². The summed E-state index contributed by atoms with van der Waals surface area (Å²) in [6, 6.07) is 1.92. The molecular formula is C15H21N3OS. The minimum absolute atomic E-state index is 0.0286. The molecule has 20 heavy (non-hydrogen) atoms. The van der Waals surface area contributed by atoms with E-state index in [1.807, 2.05) is 24.8 Å². The standard InChI is InChI=1S/C15H21N3OS/c1-4-6-9-18(5-2)15(19)13-12(16)11-10(3)7-8-17-14(11)20-13/h7-8H,4-6,9,16H2,1-3H3. The number of hydrogen-bond acceptors (Lipinski definition) is 4. The molecule has 4 nitrogen and oxygen atoms in total. The van der Waals surface area contributed by atoms with E-state index in [1.165, 1.54) is 11.3 Å². The zero-order valence-electron chi connectivity index (χ0n) is 12.3. The van der Waals surface area contributed by atoms with Gasteiger partial charge in [0, 0.05) is 24.7 Å². The molecule has 2 aromatic heterocycles. The number of carbonyl (C=O) groups is 1. The fraction of sp³-hybridized carbons (Fsp3) is 0.467. The highest BCUT2D eigenvalue weighted by Crippen LogP contribution is 2.35. The lowest BCUT2D eigenvalue weighted by Crippen LogP contribution is -2.31. The number of amides is 1. The van der Waals surface area contributed by atoms with E-state index >= 15 is 0 Å². The summed E-state index contributed by atoms with van der Waals surface area (Å²) in [4.78, 5) is 20.3. The molecule has 0 aliphatic carbocycles. The minimum atomic E-state index is 0.0286. The SMILES string of the molecule is CCCCN(CC)C(=O)c1sc2nccc(C)c2c1N. The summed E-state index contributed by atoms with van der Waals surface area (Å²) in [7, 11) is 0. The normalized spacial score (nSPS) is 10.9. The van der Waals surface area contributed by atoms with Crippen molar-refractivity contribution in [3.05, 3.63) is 22.7 Å². The van der Waals surface area contributed by atoms with Crippen molar-refractivity contribution >= 4 is 33.1 Å². The lowest BCUT2D eigenvalue weighted by Gasteiger charge is -2.20. The quantitative estimate of drug-likeness (QED) is 0.918. The van der Waals surface area contributed by atoms with Crippen molar-refractivity contribution in [2.75, 3.05) is 18.8 Å². The molecule has 0 spiro atoms. The number of aryl methyl sites for hydroxylation is 1. The first-order chi connectivity index (χ1) is 9.60. The molecule has 0 fully saturated rings. The zero-order chi connectivity index (χ0) is 14.7. The Morgan fingerprint density at radius 3 is 2.80 bits per heavy atom. The molecule has 0 saturated heterocycles. The van der Waals surface area contributed by atoms with E-state index in [2.05, 4.69) is 11.9 Å². The van der Waals surface area contributed by atoms with Crippen LogP contribution in [0.2, 0.25) is 0 Å². The third-order valence-corrected chi connectivity index (χ3v) is 4.58. The number of nitrogens with two attached hydrogens (primary N) is 1. The van der Waals surface area contributed by atoms with Crippen LogP contribution in [0.5, 0.6) is 0 Å². The maximum atomic E-state index is 12.6. The van der Waals surface area contributed by atoms with Gasteiger partial charge < -0.3 is 10.6 Å². The Kier molecular flexibility index (Phi) is 4.60. The van der Waals surface area contributed by atoms with Gasteiger partial charge in [0.25, 0.3) is 5.91 Å². The molecule has 0 unspecified atom stereocenters. The van der Waals surface area contributed by atoms with Gasteiger partial charge in [-0.2, -0.15) is 0 Å². The molecule has 0 bridgehead atoms. The van der Waals surface area contributed by atoms with Crippen LogP contribution in [0.15, 0.2) is 12.3 Å². The van der Waals surface area contributed by atoms with Gasteiger partial charge in [0.1, 0.15) is 9.71 Å². The predicted molar refractivity (Wildman–Crippen MR) is 85.3 cm³/mol. The number of aromatic nitrogens is 1. The minimum Gasteiger partial charge on any atom is -0.397 e. The molecule has 2 heterocycles. The summed E-state index contributed by atoms with van der Waals surface area (Å²) in [5, 5.41) is 0.924. The van der Waals surface area contributed by atoms with Crippen molar-refractivity contribution in [1.82, 2.24) is 9.88 Å². The number of unbranched alkanes of at least 4 members (excludes halogenated alkanes) is 1. The Morgan fingerprint density at radius 2 is 2.20 bits per heavy atom. The molecule has 0 aliphatic rings. The first-order valence-electron chi connectivity index (χ1n) is 7.03. The summed E-state index contributed by atoms with van der Waals surface area (Å²) in [6.07, 6.45) is 3.85. The van der Waals surface area contributed by atoms with Crippen molar-refractivity contribution in [2.45, 2.75) is 33.6 Å². The highest BCUT2D eigenvalue weighted by molar-refractivity contribution is 7.21. The first kappa shape index (κ1) is 14.8. The Balaban J connectivity index is 2.39. The topological polar surface area (TPSA) is 59.2 Å². The Bertz CT molecular complexity index is 621. The molecular weight excluding hydrogens is 270 g/mol. The van der Waals surface area contributed by atoms with Gasteiger partial charge in [-0.05, 0) is 31.9 Å². The Labute approximate surface area is 123 Å². The van der Waals surface area contributed by atoms with Gasteiger partial charge in [0.15, 0.2) is 0 Å². The smallest absolute Gasteiger partial charge is 0.266 e. The van der Waals surface area contributed by atoms with E-state index < -0.39 is 0 Å². The van der Waals surface area contributed by atoms with Crippen LogP contribution in [0, 0.1) is 6.92 Å². The molecule has 108 valence electrons. The van der Waals surface area contributed by atoms with Crippen molar-refractivity contribution in [2.24, 2.45) is 0 Å². The number of nitrogens with zero attached hydrogens (tertiary/aromatic N) is 2. The van der Waals surface area contributed by atoms with E-state index in [-0.39, 0.29) is 5.91 Å². The van der Waals surface area contributed by atoms with Crippen LogP contribution in [0.4, 0.5) is 5.69 Å². The van der Waals surface area contributed by atoms with Crippen LogP contribution in [-0.2, 0) is 0 Å². The monoisotopic (exact) mass is 291 g/mol. The van der Waals surface area contributed by atoms with Crippen LogP contribution in [0.3, 0.4) is 0 Å². The fourth-order valence-corrected chi connectivity index (χ4v) is 3.37. The van der Waals surface area contributed by atoms with E-state index in [9.17, 15) is 4.79 Å². The number of fused-ring (bicyclic) bond motifs is 1. The van der Waals surface area contributed by atoms with Crippen molar-refractivity contribution in [3.8, 4) is 0 Å². The highest BCUT2D eigenvalue weighted by Gasteiger charge is 2.22. The van der Waals surface area contributed by atoms with Crippen LogP contribution < -0.4 is 5.73 Å². The highest BCUT2D eigenvalue weighted by atomic mass is 32.1. The molecule has 0 radical (unpaired) electrons. The van der Waals surface area contributed by atoms with Gasteiger partial charge in [0.2, 0.25) is 0 Å². The van der Waals surface area contributed by atoms with Crippen molar-refractivity contribution in [1.29, 1.82) is 0 Å². The van der Waals surface area contributed by atoms with Crippen LogP contribution in [0.1, 0.15) is 41.9 Å². The van der Waals surface area contributed by atoms with Crippen molar-refractivity contribution in [3.63, 3.8) is 0 Å². The van der Waals surface area contributed by atoms with E-state index in [0.29, 0.717) is 17.1 Å². The van der Waals surface area contributed by atoms with Gasteiger partial charge in [-0.15, -0.1) is 11.3 Å². The van der Waals surface area contributed by atoms with Crippen LogP contribution >= 0.6 is 11.3 Å². The predicted octanol–water partition coefficient (Wildman–Crippen LogP) is 3.45. The number of nitrogen functional groups attached to an aromatic ring is 1. The Hall–Kier alpha value is -1.62. The molecule has 2 rings (SSSR count). The van der Waals surface area contributed by atoms with E-state index in [0.717, 1.165) is 35.2 Å². The maximum Gasteiger partial charge on any atom is 0.266 e. The maximum absolute atomic E-state index is 12.6. The molecule has 0 aromatic carbocycles. The summed E-state index contributed by atoms with van der Waals surface area (Å²) in [6.45, 7) is 7.61. The lowest BCUT2D eigenvalue weighted by molar-refractivity contribution is 0.0768. The van der Waals surface area contributed by atoms with Crippen molar-refractivity contribution < 1.29 is 4.79 Å². The second-order valence-electron chi connectivity index (χ2n) is 4.89. The molecule has 5 heteroatoms. The van der Waals surface area contributed by atoms with Crippen LogP contribution in [-0.4, -0.2) is 28.9 Å². The number of rotatable bonds is 5. The number of thiophene rings is 1. The molecule has 0 aliphatic heterocycles. The molecule has 1 amide bonds. The molecule has 2 N–H and O–H groups in total. The zero-order valence-corrected chi connectivity index (χ0v) is 13.1. The van der Waals surface area contributed by atoms with E-state index in [1.54, 1.807) is 6.20 Å². The van der Waals surface area contributed by atoms with Gasteiger partial charge in [0.05, 0.1) is 5.69 Å². The number of pyridine rings is 1. The second kappa shape index (κ2) is 6.22. The summed E-state index contributed by atoms with van der Waals surface area (Å²) in [5.74, 6) is 0.0286. The Morgan fingerprint density at radius 1 is 1.45 bits per heavy atom.